The number of hydrogen-bond acceptors (Lipinski definition) is 8. The molecule has 0 saturated heterocycles. The van der Waals surface area contributed by atoms with Gasteiger partial charge in [0.25, 0.3) is 0 Å². The maximum atomic E-state index is 11.6. The van der Waals surface area contributed by atoms with Crippen molar-refractivity contribution in [2.45, 2.75) is 25.6 Å². The number of nitrogens with zero attached hydrogens (tertiary/aromatic N) is 5. The first-order valence-corrected chi connectivity index (χ1v) is 13.0. The number of aryl methyl sites for hydroxylation is 1. The molecular formula is C24H30ClN7O2S. The van der Waals surface area contributed by atoms with Crippen LogP contribution in [0.2, 0.25) is 0 Å². The summed E-state index contributed by atoms with van der Waals surface area (Å²) >= 11 is 0. The van der Waals surface area contributed by atoms with Crippen molar-refractivity contribution < 1.29 is 8.42 Å². The Balaban J connectivity index is 0.00000342. The van der Waals surface area contributed by atoms with Gasteiger partial charge in [0.1, 0.15) is 5.82 Å². The molecule has 2 heterocycles. The van der Waals surface area contributed by atoms with Crippen molar-refractivity contribution in [1.82, 2.24) is 19.5 Å². The molecule has 0 aliphatic heterocycles. The molecule has 0 saturated carbocycles. The smallest absolute Gasteiger partial charge is 0.229 e. The molecule has 0 bridgehead atoms. The highest BCUT2D eigenvalue weighted by molar-refractivity contribution is 7.89. The first-order valence-electron chi connectivity index (χ1n) is 10.9. The topological polar surface area (TPSA) is 105 Å². The number of aromatic nitrogens is 4. The number of hydrogen-bond donors (Lipinski definition) is 2. The van der Waals surface area contributed by atoms with Crippen molar-refractivity contribution in [3.8, 4) is 0 Å². The van der Waals surface area contributed by atoms with Gasteiger partial charge in [-0.2, -0.15) is 4.98 Å². The molecule has 0 unspecified atom stereocenters. The van der Waals surface area contributed by atoms with Crippen molar-refractivity contribution in [2.75, 3.05) is 28.8 Å². The minimum Gasteiger partial charge on any atom is -0.353 e. The van der Waals surface area contributed by atoms with Crippen LogP contribution in [0.1, 0.15) is 19.4 Å². The minimum atomic E-state index is -3.11. The molecule has 186 valence electrons. The first-order chi connectivity index (χ1) is 16.1. The third kappa shape index (κ3) is 6.40. The molecule has 2 N–H and O–H groups in total. The van der Waals surface area contributed by atoms with Crippen molar-refractivity contribution >= 4 is 62.4 Å². The fourth-order valence-corrected chi connectivity index (χ4v) is 4.47. The SMILES string of the molecule is CC(C)Nc1nc2cc(N(C)c3ccnc(Nc4cccc(CS(C)(=O)=O)c4)n3)ccc2n1C.Cl. The highest BCUT2D eigenvalue weighted by Gasteiger charge is 2.13. The van der Waals surface area contributed by atoms with Crippen molar-refractivity contribution in [2.24, 2.45) is 7.05 Å². The van der Waals surface area contributed by atoms with Crippen LogP contribution in [0.15, 0.2) is 54.7 Å². The second-order valence-electron chi connectivity index (χ2n) is 8.66. The molecule has 11 heteroatoms. The predicted molar refractivity (Wildman–Crippen MR) is 145 cm³/mol. The van der Waals surface area contributed by atoms with Crippen molar-refractivity contribution in [3.05, 3.63) is 60.3 Å². The van der Waals surface area contributed by atoms with E-state index in [2.05, 4.69) is 34.4 Å². The van der Waals surface area contributed by atoms with E-state index in [0.29, 0.717) is 17.3 Å². The van der Waals surface area contributed by atoms with E-state index in [1.165, 1.54) is 6.26 Å². The van der Waals surface area contributed by atoms with Gasteiger partial charge in [0.15, 0.2) is 9.84 Å². The normalized spacial score (nSPS) is 11.4. The van der Waals surface area contributed by atoms with Gasteiger partial charge < -0.3 is 20.1 Å². The summed E-state index contributed by atoms with van der Waals surface area (Å²) in [5, 5.41) is 6.53. The molecule has 0 amide bonds. The zero-order valence-electron chi connectivity index (χ0n) is 20.3. The number of anilines is 5. The summed E-state index contributed by atoms with van der Waals surface area (Å²) in [4.78, 5) is 15.7. The third-order valence-corrected chi connectivity index (χ3v) is 6.12. The van der Waals surface area contributed by atoms with E-state index < -0.39 is 9.84 Å². The lowest BCUT2D eigenvalue weighted by Gasteiger charge is -2.19. The summed E-state index contributed by atoms with van der Waals surface area (Å²) in [6.07, 6.45) is 2.91. The molecule has 0 aliphatic carbocycles. The van der Waals surface area contributed by atoms with E-state index in [-0.39, 0.29) is 24.2 Å². The fraction of sp³-hybridized carbons (Fsp3) is 0.292. The van der Waals surface area contributed by atoms with Gasteiger partial charge >= 0.3 is 0 Å². The number of fused-ring (bicyclic) bond motifs is 1. The lowest BCUT2D eigenvalue weighted by Crippen LogP contribution is -2.13. The largest absolute Gasteiger partial charge is 0.353 e. The number of rotatable bonds is 8. The van der Waals surface area contributed by atoms with E-state index in [1.54, 1.807) is 18.3 Å². The summed E-state index contributed by atoms with van der Waals surface area (Å²) in [7, 11) is 0.823. The van der Waals surface area contributed by atoms with Gasteiger partial charge in [-0.05, 0) is 55.8 Å². The number of halogens is 1. The molecule has 0 radical (unpaired) electrons. The van der Waals surface area contributed by atoms with Crippen LogP contribution in [0.5, 0.6) is 0 Å². The van der Waals surface area contributed by atoms with Crippen LogP contribution in [0.25, 0.3) is 11.0 Å². The van der Waals surface area contributed by atoms with Gasteiger partial charge in [-0.25, -0.2) is 18.4 Å². The fourth-order valence-electron chi connectivity index (χ4n) is 3.68. The summed E-state index contributed by atoms with van der Waals surface area (Å²) in [6.45, 7) is 4.17. The average molecular weight is 516 g/mol. The molecule has 0 fully saturated rings. The molecule has 2 aromatic carbocycles. The molecule has 0 atom stereocenters. The summed E-state index contributed by atoms with van der Waals surface area (Å²) < 4.78 is 25.3. The Morgan fingerprint density at radius 3 is 2.57 bits per heavy atom. The maximum Gasteiger partial charge on any atom is 0.229 e. The van der Waals surface area contributed by atoms with E-state index >= 15 is 0 Å². The van der Waals surface area contributed by atoms with E-state index in [1.807, 2.05) is 60.0 Å². The first kappa shape index (κ1) is 26.2. The summed E-state index contributed by atoms with van der Waals surface area (Å²) in [5.41, 5.74) is 4.31. The quantitative estimate of drug-likeness (QED) is 0.349. The van der Waals surface area contributed by atoms with Crippen LogP contribution in [-0.2, 0) is 22.6 Å². The van der Waals surface area contributed by atoms with Gasteiger partial charge in [0.05, 0.1) is 16.8 Å². The van der Waals surface area contributed by atoms with Crippen molar-refractivity contribution in [1.29, 1.82) is 0 Å². The van der Waals surface area contributed by atoms with Crippen LogP contribution >= 0.6 is 12.4 Å². The standard InChI is InChI=1S/C24H29N7O2S.ClH/c1-16(2)26-24-28-20-14-19(9-10-21(20)31(24)4)30(3)22-11-12-25-23(29-22)27-18-8-6-7-17(13-18)15-34(5,32)33;/h6-14,16H,15H2,1-5H3,(H,26,28)(H,25,27,29);1H. The highest BCUT2D eigenvalue weighted by Crippen LogP contribution is 2.28. The Hall–Kier alpha value is -3.37. The van der Waals surface area contributed by atoms with Crippen LogP contribution in [0, 0.1) is 0 Å². The molecule has 35 heavy (non-hydrogen) atoms. The summed E-state index contributed by atoms with van der Waals surface area (Å²) in [6, 6.07) is 15.5. The molecular weight excluding hydrogens is 486 g/mol. The Labute approximate surface area is 211 Å². The molecule has 0 spiro atoms. The van der Waals surface area contributed by atoms with Crippen molar-refractivity contribution in [3.63, 3.8) is 0 Å². The van der Waals surface area contributed by atoms with Crippen LogP contribution in [0.4, 0.5) is 29.1 Å². The predicted octanol–water partition coefficient (Wildman–Crippen LogP) is 4.66. The Kier molecular flexibility index (Phi) is 7.86. The van der Waals surface area contributed by atoms with Gasteiger partial charge in [-0.1, -0.05) is 12.1 Å². The van der Waals surface area contributed by atoms with Crippen LogP contribution < -0.4 is 15.5 Å². The Bertz CT molecular complexity index is 1440. The van der Waals surface area contributed by atoms with Gasteiger partial charge in [0.2, 0.25) is 11.9 Å². The Morgan fingerprint density at radius 1 is 1.09 bits per heavy atom. The lowest BCUT2D eigenvalue weighted by atomic mass is 10.2. The molecule has 9 nitrogen and oxygen atoms in total. The zero-order valence-corrected chi connectivity index (χ0v) is 22.0. The maximum absolute atomic E-state index is 11.6. The second kappa shape index (κ2) is 10.5. The Morgan fingerprint density at radius 2 is 1.86 bits per heavy atom. The van der Waals surface area contributed by atoms with E-state index in [9.17, 15) is 8.42 Å². The highest BCUT2D eigenvalue weighted by atomic mass is 35.5. The molecule has 4 rings (SSSR count). The summed E-state index contributed by atoms with van der Waals surface area (Å²) in [5.74, 6) is 1.94. The molecule has 4 aromatic rings. The van der Waals surface area contributed by atoms with Crippen LogP contribution in [0.3, 0.4) is 0 Å². The monoisotopic (exact) mass is 515 g/mol. The van der Waals surface area contributed by atoms with Gasteiger partial charge in [-0.3, -0.25) is 0 Å². The number of sulfone groups is 1. The minimum absolute atomic E-state index is 0. The lowest BCUT2D eigenvalue weighted by molar-refractivity contribution is 0.601. The third-order valence-electron chi connectivity index (χ3n) is 5.27. The average Bonchev–Trinajstić information content (AvgIpc) is 3.06. The second-order valence-corrected chi connectivity index (χ2v) is 10.8. The molecule has 0 aliphatic rings. The van der Waals surface area contributed by atoms with Gasteiger partial charge in [-0.15, -0.1) is 12.4 Å². The molecule has 2 aromatic heterocycles. The number of nitrogens with one attached hydrogen (secondary N) is 2. The van der Waals surface area contributed by atoms with Gasteiger partial charge in [0, 0.05) is 44.0 Å². The zero-order chi connectivity index (χ0) is 24.5. The number of benzene rings is 2. The number of imidazole rings is 1. The van der Waals surface area contributed by atoms with Crippen LogP contribution in [-0.4, -0.2) is 47.3 Å². The van der Waals surface area contributed by atoms with E-state index in [4.69, 9.17) is 4.98 Å². The van der Waals surface area contributed by atoms with E-state index in [0.717, 1.165) is 28.4 Å².